The lowest BCUT2D eigenvalue weighted by Gasteiger charge is -2.21. The standard InChI is InChI=1S/C19H26N2O4/c1-5-25-15-8-6-14(7-9-15)16-17(20(4)10-11-22)19(24)21(18(16)23)12-13(2)3/h6-9,13,22H,5,10-12H2,1-4H3. The molecule has 0 unspecified atom stereocenters. The average Bonchev–Trinajstić information content (AvgIpc) is 2.80. The van der Waals surface area contributed by atoms with Gasteiger partial charge in [0.2, 0.25) is 0 Å². The van der Waals surface area contributed by atoms with E-state index in [2.05, 4.69) is 0 Å². The summed E-state index contributed by atoms with van der Waals surface area (Å²) in [6.45, 7) is 6.95. The van der Waals surface area contributed by atoms with Crippen LogP contribution < -0.4 is 4.74 Å². The van der Waals surface area contributed by atoms with Crippen LogP contribution >= 0.6 is 0 Å². The Morgan fingerprint density at radius 1 is 1.16 bits per heavy atom. The molecule has 6 nitrogen and oxygen atoms in total. The molecule has 0 aromatic heterocycles. The number of rotatable bonds is 8. The molecule has 136 valence electrons. The second-order valence-corrected chi connectivity index (χ2v) is 6.44. The molecule has 0 spiro atoms. The fraction of sp³-hybridized carbons (Fsp3) is 0.474. The first kappa shape index (κ1) is 19.0. The van der Waals surface area contributed by atoms with Crippen LogP contribution in [0.15, 0.2) is 30.0 Å². The molecule has 1 aliphatic rings. The quantitative estimate of drug-likeness (QED) is 0.726. The SMILES string of the molecule is CCOc1ccc(C2=C(N(C)CCO)C(=O)N(CC(C)C)C2=O)cc1. The van der Waals surface area contributed by atoms with E-state index in [1.165, 1.54) is 4.90 Å². The fourth-order valence-electron chi connectivity index (χ4n) is 2.85. The number of hydrogen-bond acceptors (Lipinski definition) is 5. The molecule has 1 aromatic rings. The summed E-state index contributed by atoms with van der Waals surface area (Å²) >= 11 is 0. The molecule has 1 heterocycles. The molecule has 1 N–H and O–H groups in total. The van der Waals surface area contributed by atoms with Gasteiger partial charge in [-0.25, -0.2) is 0 Å². The number of amides is 2. The molecule has 2 amide bonds. The maximum Gasteiger partial charge on any atom is 0.277 e. The van der Waals surface area contributed by atoms with Crippen LogP contribution in [0.3, 0.4) is 0 Å². The number of nitrogens with zero attached hydrogens (tertiary/aromatic N) is 2. The number of carbonyl (C=O) groups excluding carboxylic acids is 2. The van der Waals surface area contributed by atoms with Gasteiger partial charge in [-0.2, -0.15) is 0 Å². The maximum atomic E-state index is 12.9. The van der Waals surface area contributed by atoms with Crippen molar-refractivity contribution in [2.24, 2.45) is 5.92 Å². The first-order valence-corrected chi connectivity index (χ1v) is 8.56. The van der Waals surface area contributed by atoms with Crippen molar-refractivity contribution >= 4 is 17.4 Å². The van der Waals surface area contributed by atoms with Gasteiger partial charge in [0.1, 0.15) is 11.4 Å². The largest absolute Gasteiger partial charge is 0.494 e. The van der Waals surface area contributed by atoms with E-state index < -0.39 is 0 Å². The van der Waals surface area contributed by atoms with E-state index in [0.29, 0.717) is 35.7 Å². The molecule has 1 aliphatic heterocycles. The second-order valence-electron chi connectivity index (χ2n) is 6.44. The molecule has 0 radical (unpaired) electrons. The zero-order valence-electron chi connectivity index (χ0n) is 15.3. The van der Waals surface area contributed by atoms with Gasteiger partial charge in [-0.3, -0.25) is 14.5 Å². The number of aliphatic hydroxyl groups excluding tert-OH is 1. The highest BCUT2D eigenvalue weighted by molar-refractivity contribution is 6.35. The van der Waals surface area contributed by atoms with E-state index in [1.807, 2.05) is 20.8 Å². The minimum atomic E-state index is -0.307. The minimum absolute atomic E-state index is 0.0950. The summed E-state index contributed by atoms with van der Waals surface area (Å²) < 4.78 is 5.44. The van der Waals surface area contributed by atoms with E-state index in [4.69, 9.17) is 4.74 Å². The van der Waals surface area contributed by atoms with Crippen LogP contribution in [0.5, 0.6) is 5.75 Å². The summed E-state index contributed by atoms with van der Waals surface area (Å²) in [5.74, 6) is 0.297. The van der Waals surface area contributed by atoms with E-state index >= 15 is 0 Å². The van der Waals surface area contributed by atoms with Crippen molar-refractivity contribution in [3.8, 4) is 5.75 Å². The predicted molar refractivity (Wildman–Crippen MR) is 95.8 cm³/mol. The van der Waals surface area contributed by atoms with Gasteiger partial charge < -0.3 is 14.7 Å². The summed E-state index contributed by atoms with van der Waals surface area (Å²) in [4.78, 5) is 28.7. The third-order valence-electron chi connectivity index (χ3n) is 3.96. The van der Waals surface area contributed by atoms with E-state index in [0.717, 1.165) is 0 Å². The number of carbonyl (C=O) groups is 2. The van der Waals surface area contributed by atoms with Crippen molar-refractivity contribution in [2.75, 3.05) is 33.4 Å². The molecule has 1 aromatic carbocycles. The van der Waals surface area contributed by atoms with E-state index in [9.17, 15) is 14.7 Å². The van der Waals surface area contributed by atoms with Crippen LogP contribution in [-0.2, 0) is 9.59 Å². The van der Waals surface area contributed by atoms with Gasteiger partial charge >= 0.3 is 0 Å². The Morgan fingerprint density at radius 2 is 1.80 bits per heavy atom. The molecule has 0 fully saturated rings. The summed E-state index contributed by atoms with van der Waals surface area (Å²) in [5, 5.41) is 9.22. The van der Waals surface area contributed by atoms with Gasteiger partial charge in [0.05, 0.1) is 18.8 Å². The van der Waals surface area contributed by atoms with Gasteiger partial charge in [0, 0.05) is 20.1 Å². The summed E-state index contributed by atoms with van der Waals surface area (Å²) in [6.07, 6.45) is 0. The van der Waals surface area contributed by atoms with Gasteiger partial charge in [0.25, 0.3) is 11.8 Å². The highest BCUT2D eigenvalue weighted by Gasteiger charge is 2.40. The molecule has 0 saturated carbocycles. The van der Waals surface area contributed by atoms with Gasteiger partial charge in [-0.15, -0.1) is 0 Å². The Morgan fingerprint density at radius 3 is 2.32 bits per heavy atom. The molecule has 2 rings (SSSR count). The third-order valence-corrected chi connectivity index (χ3v) is 3.96. The highest BCUT2D eigenvalue weighted by Crippen LogP contribution is 2.32. The molecule has 0 atom stereocenters. The highest BCUT2D eigenvalue weighted by atomic mass is 16.5. The van der Waals surface area contributed by atoms with Gasteiger partial charge in [-0.1, -0.05) is 26.0 Å². The summed E-state index contributed by atoms with van der Waals surface area (Å²) in [6, 6.07) is 7.16. The van der Waals surface area contributed by atoms with Crippen molar-refractivity contribution in [2.45, 2.75) is 20.8 Å². The zero-order chi connectivity index (χ0) is 18.6. The van der Waals surface area contributed by atoms with Gasteiger partial charge in [-0.05, 0) is 30.5 Å². The van der Waals surface area contributed by atoms with Crippen LogP contribution in [-0.4, -0.2) is 60.1 Å². The fourth-order valence-corrected chi connectivity index (χ4v) is 2.85. The molecule has 0 bridgehead atoms. The molecule has 6 heteroatoms. The first-order valence-electron chi connectivity index (χ1n) is 8.56. The minimum Gasteiger partial charge on any atom is -0.494 e. The first-order chi connectivity index (χ1) is 11.9. The number of hydrogen-bond donors (Lipinski definition) is 1. The van der Waals surface area contributed by atoms with Crippen LogP contribution in [0.25, 0.3) is 5.57 Å². The number of likely N-dealkylation sites (N-methyl/N-ethyl adjacent to an activating group) is 1. The number of imide groups is 1. The van der Waals surface area contributed by atoms with Crippen molar-refractivity contribution < 1.29 is 19.4 Å². The van der Waals surface area contributed by atoms with Crippen LogP contribution in [0, 0.1) is 5.92 Å². The Bertz CT molecular complexity index is 665. The lowest BCUT2D eigenvalue weighted by Crippen LogP contribution is -2.37. The normalized spacial score (nSPS) is 14.7. The van der Waals surface area contributed by atoms with Crippen molar-refractivity contribution in [1.82, 2.24) is 9.80 Å². The maximum absolute atomic E-state index is 12.9. The van der Waals surface area contributed by atoms with Gasteiger partial charge in [0.15, 0.2) is 0 Å². The molecule has 0 saturated heterocycles. The Labute approximate surface area is 148 Å². The summed E-state index contributed by atoms with van der Waals surface area (Å²) in [5.41, 5.74) is 1.39. The smallest absolute Gasteiger partial charge is 0.277 e. The molecular formula is C19H26N2O4. The Hall–Kier alpha value is -2.34. The van der Waals surface area contributed by atoms with Crippen molar-refractivity contribution in [3.63, 3.8) is 0 Å². The Balaban J connectivity index is 2.46. The number of benzene rings is 1. The zero-order valence-corrected chi connectivity index (χ0v) is 15.3. The van der Waals surface area contributed by atoms with Crippen molar-refractivity contribution in [3.05, 3.63) is 35.5 Å². The predicted octanol–water partition coefficient (Wildman–Crippen LogP) is 1.75. The van der Waals surface area contributed by atoms with Crippen molar-refractivity contribution in [1.29, 1.82) is 0 Å². The van der Waals surface area contributed by atoms with Crippen LogP contribution in [0.1, 0.15) is 26.3 Å². The van der Waals surface area contributed by atoms with E-state index in [-0.39, 0.29) is 30.9 Å². The average molecular weight is 346 g/mol. The summed E-state index contributed by atoms with van der Waals surface area (Å²) in [7, 11) is 1.71. The van der Waals surface area contributed by atoms with Crippen LogP contribution in [0.4, 0.5) is 0 Å². The van der Waals surface area contributed by atoms with E-state index in [1.54, 1.807) is 36.2 Å². The van der Waals surface area contributed by atoms with Crippen LogP contribution in [0.2, 0.25) is 0 Å². The lowest BCUT2D eigenvalue weighted by molar-refractivity contribution is -0.138. The lowest BCUT2D eigenvalue weighted by atomic mass is 10.0. The third kappa shape index (κ3) is 4.02. The number of aliphatic hydroxyl groups is 1. The second kappa shape index (κ2) is 8.16. The molecule has 0 aliphatic carbocycles. The molecular weight excluding hydrogens is 320 g/mol. The topological polar surface area (TPSA) is 70.1 Å². The Kier molecular flexibility index (Phi) is 6.20. The number of ether oxygens (including phenoxy) is 1. The molecule has 25 heavy (non-hydrogen) atoms. The monoisotopic (exact) mass is 346 g/mol.